The number of ether oxygens (including phenoxy) is 1. The molecule has 2 rings (SSSR count). The average Bonchev–Trinajstić information content (AvgIpc) is 3.03. The molecule has 0 N–H and O–H groups in total. The second-order valence-electron chi connectivity index (χ2n) is 6.27. The van der Waals surface area contributed by atoms with E-state index in [0.29, 0.717) is 6.61 Å². The predicted molar refractivity (Wildman–Crippen MR) is 105 cm³/mol. The van der Waals surface area contributed by atoms with Gasteiger partial charge in [0.15, 0.2) is 0 Å². The van der Waals surface area contributed by atoms with Crippen molar-refractivity contribution in [1.29, 1.82) is 0 Å². The quantitative estimate of drug-likeness (QED) is 0.437. The third kappa shape index (κ3) is 5.04. The third-order valence-electron chi connectivity index (χ3n) is 4.32. The van der Waals surface area contributed by atoms with Crippen LogP contribution < -0.4 is 0 Å². The largest absolute Gasteiger partial charge is 0.461 e. The Bertz CT molecular complexity index is 614. The highest BCUT2D eigenvalue weighted by molar-refractivity contribution is 9.28. The van der Waals surface area contributed by atoms with Crippen molar-refractivity contribution in [3.63, 3.8) is 0 Å². The molecule has 0 spiro atoms. The fraction of sp³-hybridized carbons (Fsp3) is 0.389. The van der Waals surface area contributed by atoms with Gasteiger partial charge in [-0.1, -0.05) is 66.2 Å². The van der Waals surface area contributed by atoms with Gasteiger partial charge in [-0.2, -0.15) is 0 Å². The van der Waals surface area contributed by atoms with E-state index >= 15 is 0 Å². The van der Waals surface area contributed by atoms with Crippen LogP contribution in [-0.2, 0) is 22.6 Å². The first-order chi connectivity index (χ1) is 10.9. The lowest BCUT2D eigenvalue weighted by Crippen LogP contribution is -2.10. The van der Waals surface area contributed by atoms with Crippen molar-refractivity contribution in [2.75, 3.05) is 0 Å². The van der Waals surface area contributed by atoms with Crippen molar-refractivity contribution in [2.45, 2.75) is 26.9 Å². The molecule has 0 aromatic heterocycles. The molecule has 0 heterocycles. The molecule has 23 heavy (non-hydrogen) atoms. The molecule has 1 aliphatic carbocycles. The number of rotatable bonds is 6. The van der Waals surface area contributed by atoms with Crippen LogP contribution in [0.4, 0.5) is 0 Å². The number of allylic oxidation sites excluding steroid dienone is 2. The number of esters is 1. The molecule has 2 unspecified atom stereocenters. The summed E-state index contributed by atoms with van der Waals surface area (Å²) in [5, 5.41) is 0. The zero-order chi connectivity index (χ0) is 17.0. The van der Waals surface area contributed by atoms with Crippen molar-refractivity contribution in [3.8, 4) is 0 Å². The van der Waals surface area contributed by atoms with Gasteiger partial charge in [0.2, 0.25) is 0 Å². The predicted octanol–water partition coefficient (Wildman–Crippen LogP) is 6.08. The molecular formula is C18H19Br3O2. The Morgan fingerprint density at radius 1 is 1.22 bits per heavy atom. The van der Waals surface area contributed by atoms with E-state index in [1.807, 2.05) is 29.3 Å². The smallest absolute Gasteiger partial charge is 0.310 e. The van der Waals surface area contributed by atoms with Crippen LogP contribution in [0.15, 0.2) is 44.8 Å². The van der Waals surface area contributed by atoms with Crippen LogP contribution in [0.25, 0.3) is 0 Å². The van der Waals surface area contributed by atoms with Crippen molar-refractivity contribution < 1.29 is 9.53 Å². The zero-order valence-electron chi connectivity index (χ0n) is 13.1. The SMILES string of the molecule is CC1(C)C(C=C(Br)Br)C1C(=O)OCc1ccc(CC=CBr)cc1. The molecule has 0 saturated heterocycles. The average molecular weight is 507 g/mol. The van der Waals surface area contributed by atoms with Crippen molar-refractivity contribution >= 4 is 53.8 Å². The summed E-state index contributed by atoms with van der Waals surface area (Å²) in [5.41, 5.74) is 2.19. The number of benzene rings is 1. The minimum absolute atomic E-state index is 0.0459. The van der Waals surface area contributed by atoms with Gasteiger partial charge in [0, 0.05) is 0 Å². The van der Waals surface area contributed by atoms with Crippen LogP contribution >= 0.6 is 47.8 Å². The summed E-state index contributed by atoms with van der Waals surface area (Å²) in [6.45, 7) is 4.51. The highest BCUT2D eigenvalue weighted by atomic mass is 79.9. The van der Waals surface area contributed by atoms with Gasteiger partial charge >= 0.3 is 5.97 Å². The first-order valence-corrected chi connectivity index (χ1v) is 9.89. The van der Waals surface area contributed by atoms with Crippen molar-refractivity contribution in [1.82, 2.24) is 0 Å². The Balaban J connectivity index is 1.89. The molecule has 0 bridgehead atoms. The number of carbonyl (C=O) groups excluding carboxylic acids is 1. The van der Waals surface area contributed by atoms with E-state index in [1.54, 1.807) is 0 Å². The maximum Gasteiger partial charge on any atom is 0.310 e. The molecule has 1 saturated carbocycles. The van der Waals surface area contributed by atoms with Gasteiger partial charge in [-0.25, -0.2) is 0 Å². The van der Waals surface area contributed by atoms with E-state index in [4.69, 9.17) is 4.74 Å². The molecule has 0 radical (unpaired) electrons. The summed E-state index contributed by atoms with van der Waals surface area (Å²) >= 11 is 9.99. The van der Waals surface area contributed by atoms with Crippen LogP contribution in [0.2, 0.25) is 0 Å². The second kappa shape index (κ2) is 8.13. The molecule has 1 aliphatic rings. The van der Waals surface area contributed by atoms with Crippen LogP contribution in [0.5, 0.6) is 0 Å². The van der Waals surface area contributed by atoms with Crippen molar-refractivity contribution in [3.05, 3.63) is 55.9 Å². The summed E-state index contributed by atoms with van der Waals surface area (Å²) in [7, 11) is 0. The molecule has 1 aromatic rings. The Morgan fingerprint density at radius 3 is 2.39 bits per heavy atom. The molecule has 5 heteroatoms. The fourth-order valence-electron chi connectivity index (χ4n) is 2.77. The van der Waals surface area contributed by atoms with Crippen LogP contribution in [-0.4, -0.2) is 5.97 Å². The first-order valence-electron chi connectivity index (χ1n) is 7.38. The number of carbonyl (C=O) groups is 1. The molecule has 1 fully saturated rings. The fourth-order valence-corrected chi connectivity index (χ4v) is 3.53. The van der Waals surface area contributed by atoms with Crippen LogP contribution in [0, 0.1) is 17.3 Å². The molecule has 2 atom stereocenters. The maximum atomic E-state index is 12.3. The number of halogens is 3. The third-order valence-corrected chi connectivity index (χ3v) is 5.22. The van der Waals surface area contributed by atoms with Crippen molar-refractivity contribution in [2.24, 2.45) is 17.3 Å². The van der Waals surface area contributed by atoms with Gasteiger partial charge < -0.3 is 4.74 Å². The summed E-state index contributed by atoms with van der Waals surface area (Å²) in [5.74, 6) is 0.0157. The van der Waals surface area contributed by atoms with E-state index in [1.165, 1.54) is 5.56 Å². The van der Waals surface area contributed by atoms with E-state index in [2.05, 4.69) is 73.8 Å². The molecular weight excluding hydrogens is 488 g/mol. The molecule has 0 aliphatic heterocycles. The van der Waals surface area contributed by atoms with Gasteiger partial charge in [-0.15, -0.1) is 0 Å². The van der Waals surface area contributed by atoms with Crippen LogP contribution in [0.1, 0.15) is 25.0 Å². The topological polar surface area (TPSA) is 26.3 Å². The monoisotopic (exact) mass is 504 g/mol. The normalized spacial score (nSPS) is 22.0. The minimum atomic E-state index is -0.121. The second-order valence-corrected chi connectivity index (χ2v) is 9.57. The highest BCUT2D eigenvalue weighted by Crippen LogP contribution is 2.60. The van der Waals surface area contributed by atoms with Gasteiger partial charge in [0.1, 0.15) is 6.61 Å². The standard InChI is InChI=1S/C18H19Br3O2/c1-18(2)14(10-15(20)21)16(18)17(22)23-11-13-7-5-12(6-8-13)4-3-9-19/h3,5-10,14,16H,4,11H2,1-2H3. The zero-order valence-corrected chi connectivity index (χ0v) is 17.8. The van der Waals surface area contributed by atoms with E-state index in [9.17, 15) is 4.79 Å². The van der Waals surface area contributed by atoms with Gasteiger partial charge in [0.05, 0.1) is 9.31 Å². The van der Waals surface area contributed by atoms with Crippen LogP contribution in [0.3, 0.4) is 0 Å². The van der Waals surface area contributed by atoms with E-state index < -0.39 is 0 Å². The molecule has 0 amide bonds. The Labute approximate surface area is 162 Å². The van der Waals surface area contributed by atoms with E-state index in [-0.39, 0.29) is 23.2 Å². The first kappa shape index (κ1) is 18.9. The lowest BCUT2D eigenvalue weighted by Gasteiger charge is -2.06. The Morgan fingerprint density at radius 2 is 1.83 bits per heavy atom. The minimum Gasteiger partial charge on any atom is -0.461 e. The summed E-state index contributed by atoms with van der Waals surface area (Å²) in [6, 6.07) is 8.14. The molecule has 2 nitrogen and oxygen atoms in total. The number of hydrogen-bond acceptors (Lipinski definition) is 2. The lowest BCUT2D eigenvalue weighted by atomic mass is 10.1. The number of hydrogen-bond donors (Lipinski definition) is 0. The molecule has 1 aromatic carbocycles. The molecule has 124 valence electrons. The van der Waals surface area contributed by atoms with E-state index in [0.717, 1.165) is 15.4 Å². The Kier molecular flexibility index (Phi) is 6.69. The van der Waals surface area contributed by atoms with Gasteiger partial charge in [-0.05, 0) is 65.7 Å². The summed E-state index contributed by atoms with van der Waals surface area (Å²) in [6.07, 6.45) is 4.95. The maximum absolute atomic E-state index is 12.3. The Hall–Kier alpha value is -0.390. The van der Waals surface area contributed by atoms with Gasteiger partial charge in [0.25, 0.3) is 0 Å². The lowest BCUT2D eigenvalue weighted by molar-refractivity contribution is -0.147. The van der Waals surface area contributed by atoms with Gasteiger partial charge in [-0.3, -0.25) is 4.79 Å². The summed E-state index contributed by atoms with van der Waals surface area (Å²) in [4.78, 5) is 14.2. The summed E-state index contributed by atoms with van der Waals surface area (Å²) < 4.78 is 6.38. The highest BCUT2D eigenvalue weighted by Gasteiger charge is 2.61.